The monoisotopic (exact) mass is 254 g/mol. The number of alkyl halides is 3. The van der Waals surface area contributed by atoms with Crippen LogP contribution in [0.1, 0.15) is 17.2 Å². The molecular weight excluding hydrogens is 241 g/mol. The fraction of sp³-hybridized carbons (Fsp3) is 0.308. The molecular formula is C13H13F3N2. The van der Waals surface area contributed by atoms with Crippen LogP contribution < -0.4 is 5.73 Å². The molecule has 1 aromatic carbocycles. The number of aromatic nitrogens is 1. The summed E-state index contributed by atoms with van der Waals surface area (Å²) in [4.78, 5) is 4.25. The van der Waals surface area contributed by atoms with Gasteiger partial charge in [0.15, 0.2) is 0 Å². The molecule has 0 radical (unpaired) electrons. The SMILES string of the molecule is Cc1ccc2cc(C(CN)C(F)(F)F)ccc2n1. The van der Waals surface area contributed by atoms with Crippen molar-refractivity contribution in [3.63, 3.8) is 0 Å². The van der Waals surface area contributed by atoms with E-state index in [2.05, 4.69) is 4.98 Å². The second kappa shape index (κ2) is 4.57. The van der Waals surface area contributed by atoms with E-state index < -0.39 is 18.6 Å². The first-order chi connectivity index (χ1) is 8.41. The highest BCUT2D eigenvalue weighted by molar-refractivity contribution is 5.79. The van der Waals surface area contributed by atoms with Gasteiger partial charge in [0.25, 0.3) is 0 Å². The molecule has 0 spiro atoms. The minimum Gasteiger partial charge on any atom is -0.330 e. The number of hydrogen-bond donors (Lipinski definition) is 1. The van der Waals surface area contributed by atoms with Crippen molar-refractivity contribution in [3.8, 4) is 0 Å². The lowest BCUT2D eigenvalue weighted by Crippen LogP contribution is -2.27. The summed E-state index contributed by atoms with van der Waals surface area (Å²) in [6, 6.07) is 8.10. The zero-order chi connectivity index (χ0) is 13.3. The Hall–Kier alpha value is -1.62. The Balaban J connectivity index is 2.49. The lowest BCUT2D eigenvalue weighted by atomic mass is 9.97. The Kier molecular flexibility index (Phi) is 3.26. The Morgan fingerprint density at radius 2 is 1.94 bits per heavy atom. The molecule has 0 aliphatic rings. The van der Waals surface area contributed by atoms with Gasteiger partial charge in [0, 0.05) is 17.6 Å². The Bertz CT molecular complexity index is 564. The van der Waals surface area contributed by atoms with Crippen LogP contribution in [0.3, 0.4) is 0 Å². The summed E-state index contributed by atoms with van der Waals surface area (Å²) < 4.78 is 38.3. The number of aryl methyl sites for hydroxylation is 1. The summed E-state index contributed by atoms with van der Waals surface area (Å²) >= 11 is 0. The second-order valence-corrected chi connectivity index (χ2v) is 4.23. The number of hydrogen-bond acceptors (Lipinski definition) is 2. The van der Waals surface area contributed by atoms with Gasteiger partial charge in [-0.3, -0.25) is 4.98 Å². The van der Waals surface area contributed by atoms with Gasteiger partial charge in [-0.1, -0.05) is 12.1 Å². The van der Waals surface area contributed by atoms with Crippen molar-refractivity contribution in [2.24, 2.45) is 5.73 Å². The standard InChI is InChI=1S/C13H13F3N2/c1-8-2-3-10-6-9(4-5-12(10)18-8)11(7-17)13(14,15)16/h2-6,11H,7,17H2,1H3. The molecule has 2 rings (SSSR count). The van der Waals surface area contributed by atoms with E-state index >= 15 is 0 Å². The molecule has 2 nitrogen and oxygen atoms in total. The molecule has 2 N–H and O–H groups in total. The van der Waals surface area contributed by atoms with Crippen molar-refractivity contribution in [1.29, 1.82) is 0 Å². The van der Waals surface area contributed by atoms with Gasteiger partial charge in [-0.25, -0.2) is 0 Å². The highest BCUT2D eigenvalue weighted by atomic mass is 19.4. The lowest BCUT2D eigenvalue weighted by molar-refractivity contribution is -0.148. The third kappa shape index (κ3) is 2.46. The molecule has 2 aromatic rings. The number of fused-ring (bicyclic) bond motifs is 1. The van der Waals surface area contributed by atoms with E-state index in [9.17, 15) is 13.2 Å². The first-order valence-corrected chi connectivity index (χ1v) is 5.56. The second-order valence-electron chi connectivity index (χ2n) is 4.23. The maximum Gasteiger partial charge on any atom is 0.396 e. The third-order valence-electron chi connectivity index (χ3n) is 2.89. The quantitative estimate of drug-likeness (QED) is 0.894. The van der Waals surface area contributed by atoms with E-state index in [0.29, 0.717) is 10.9 Å². The van der Waals surface area contributed by atoms with E-state index in [4.69, 9.17) is 5.73 Å². The number of benzene rings is 1. The molecule has 5 heteroatoms. The molecule has 0 bridgehead atoms. The van der Waals surface area contributed by atoms with Crippen LogP contribution in [0.5, 0.6) is 0 Å². The van der Waals surface area contributed by atoms with Crippen molar-refractivity contribution in [2.45, 2.75) is 19.0 Å². The number of rotatable bonds is 2. The molecule has 96 valence electrons. The first kappa shape index (κ1) is 12.8. The van der Waals surface area contributed by atoms with Crippen LogP contribution in [-0.2, 0) is 0 Å². The molecule has 1 aromatic heterocycles. The Morgan fingerprint density at radius 3 is 2.56 bits per heavy atom. The zero-order valence-corrected chi connectivity index (χ0v) is 9.83. The van der Waals surface area contributed by atoms with Crippen LogP contribution in [0, 0.1) is 6.92 Å². The third-order valence-corrected chi connectivity index (χ3v) is 2.89. The average molecular weight is 254 g/mol. The van der Waals surface area contributed by atoms with Gasteiger partial charge < -0.3 is 5.73 Å². The van der Waals surface area contributed by atoms with Crippen molar-refractivity contribution in [3.05, 3.63) is 41.6 Å². The maximum absolute atomic E-state index is 12.8. The summed E-state index contributed by atoms with van der Waals surface area (Å²) in [6.07, 6.45) is -4.32. The molecule has 0 saturated heterocycles. The van der Waals surface area contributed by atoms with Crippen molar-refractivity contribution in [2.75, 3.05) is 6.54 Å². The molecule has 1 atom stereocenters. The lowest BCUT2D eigenvalue weighted by Gasteiger charge is -2.19. The number of nitrogens with zero attached hydrogens (tertiary/aromatic N) is 1. The van der Waals surface area contributed by atoms with Gasteiger partial charge in [-0.15, -0.1) is 0 Å². The van der Waals surface area contributed by atoms with Gasteiger partial charge in [-0.05, 0) is 30.7 Å². The fourth-order valence-corrected chi connectivity index (χ4v) is 1.92. The molecule has 1 unspecified atom stereocenters. The predicted octanol–water partition coefficient (Wildman–Crippen LogP) is 3.15. The minimum absolute atomic E-state index is 0.183. The molecule has 1 heterocycles. The van der Waals surface area contributed by atoms with Crippen LogP contribution in [0.2, 0.25) is 0 Å². The smallest absolute Gasteiger partial charge is 0.330 e. The normalized spacial score (nSPS) is 13.8. The highest BCUT2D eigenvalue weighted by Gasteiger charge is 2.39. The average Bonchev–Trinajstić information content (AvgIpc) is 2.28. The maximum atomic E-state index is 12.8. The van der Waals surface area contributed by atoms with Crippen LogP contribution in [-0.4, -0.2) is 17.7 Å². The summed E-state index contributed by atoms with van der Waals surface area (Å²) in [6.45, 7) is 1.39. The van der Waals surface area contributed by atoms with Crippen LogP contribution in [0.15, 0.2) is 30.3 Å². The van der Waals surface area contributed by atoms with E-state index in [-0.39, 0.29) is 5.56 Å². The Labute approximate surface area is 103 Å². The largest absolute Gasteiger partial charge is 0.396 e. The minimum atomic E-state index is -4.32. The van der Waals surface area contributed by atoms with Gasteiger partial charge in [0.05, 0.1) is 11.4 Å². The zero-order valence-electron chi connectivity index (χ0n) is 9.83. The van der Waals surface area contributed by atoms with Crippen LogP contribution >= 0.6 is 0 Å². The molecule has 0 saturated carbocycles. The van der Waals surface area contributed by atoms with Crippen molar-refractivity contribution in [1.82, 2.24) is 4.98 Å². The van der Waals surface area contributed by atoms with Gasteiger partial charge in [0.2, 0.25) is 0 Å². The molecule has 18 heavy (non-hydrogen) atoms. The molecule has 0 amide bonds. The number of pyridine rings is 1. The van der Waals surface area contributed by atoms with Crippen molar-refractivity contribution < 1.29 is 13.2 Å². The first-order valence-electron chi connectivity index (χ1n) is 5.56. The van der Waals surface area contributed by atoms with Crippen molar-refractivity contribution >= 4 is 10.9 Å². The van der Waals surface area contributed by atoms with Crippen LogP contribution in [0.25, 0.3) is 10.9 Å². The summed E-state index contributed by atoms with van der Waals surface area (Å²) in [5, 5.41) is 0.695. The number of nitrogens with two attached hydrogens (primary N) is 1. The Morgan fingerprint density at radius 1 is 1.22 bits per heavy atom. The predicted molar refractivity (Wildman–Crippen MR) is 64.3 cm³/mol. The highest BCUT2D eigenvalue weighted by Crippen LogP contribution is 2.34. The molecule has 0 fully saturated rings. The van der Waals surface area contributed by atoms with Gasteiger partial charge in [-0.2, -0.15) is 13.2 Å². The summed E-state index contributed by atoms with van der Waals surface area (Å²) in [5.41, 5.74) is 6.93. The van der Waals surface area contributed by atoms with E-state index in [1.54, 1.807) is 18.2 Å². The topological polar surface area (TPSA) is 38.9 Å². The van der Waals surface area contributed by atoms with Gasteiger partial charge >= 0.3 is 6.18 Å². The van der Waals surface area contributed by atoms with E-state index in [1.807, 2.05) is 6.92 Å². The van der Waals surface area contributed by atoms with Gasteiger partial charge in [0.1, 0.15) is 0 Å². The van der Waals surface area contributed by atoms with E-state index in [0.717, 1.165) is 5.69 Å². The molecule has 0 aliphatic heterocycles. The number of halogens is 3. The summed E-state index contributed by atoms with van der Waals surface area (Å²) in [5.74, 6) is -1.62. The fourth-order valence-electron chi connectivity index (χ4n) is 1.92. The van der Waals surface area contributed by atoms with E-state index in [1.165, 1.54) is 12.1 Å². The van der Waals surface area contributed by atoms with Crippen LogP contribution in [0.4, 0.5) is 13.2 Å². The molecule has 0 aliphatic carbocycles. The summed E-state index contributed by atoms with van der Waals surface area (Å²) in [7, 11) is 0.